The van der Waals surface area contributed by atoms with Crippen molar-refractivity contribution in [3.05, 3.63) is 0 Å². The predicted molar refractivity (Wildman–Crippen MR) is 109 cm³/mol. The number of hydrogen-bond acceptors (Lipinski definition) is 6. The molecule has 27 heavy (non-hydrogen) atoms. The van der Waals surface area contributed by atoms with Crippen LogP contribution >= 0.6 is 21.6 Å². The molecule has 154 valence electrons. The van der Waals surface area contributed by atoms with Gasteiger partial charge in [0.2, 0.25) is 11.8 Å². The van der Waals surface area contributed by atoms with Crippen molar-refractivity contribution < 1.29 is 19.2 Å². The number of rotatable bonds is 8. The Hall–Kier alpha value is -1.42. The van der Waals surface area contributed by atoms with Crippen LogP contribution in [-0.2, 0) is 9.59 Å². The van der Waals surface area contributed by atoms with E-state index in [2.05, 4.69) is 21.3 Å². The van der Waals surface area contributed by atoms with Crippen molar-refractivity contribution in [1.82, 2.24) is 21.3 Å². The highest BCUT2D eigenvalue weighted by Gasteiger charge is 2.18. The van der Waals surface area contributed by atoms with Crippen molar-refractivity contribution in [1.29, 1.82) is 0 Å². The van der Waals surface area contributed by atoms with E-state index >= 15 is 0 Å². The lowest BCUT2D eigenvalue weighted by molar-refractivity contribution is -0.121. The molecule has 1 fully saturated rings. The molecule has 0 atom stereocenters. The molecular weight excluding hydrogens is 388 g/mol. The number of urea groups is 2. The summed E-state index contributed by atoms with van der Waals surface area (Å²) in [6.45, 7) is 6.14. The third-order valence-electron chi connectivity index (χ3n) is 3.63. The molecule has 0 aromatic rings. The van der Waals surface area contributed by atoms with Gasteiger partial charge >= 0.3 is 12.1 Å². The molecule has 1 rings (SSSR count). The summed E-state index contributed by atoms with van der Waals surface area (Å²) in [5.41, 5.74) is -0.175. The summed E-state index contributed by atoms with van der Waals surface area (Å²) in [6, 6.07) is -0.778. The molecule has 8 nitrogen and oxygen atoms in total. The fourth-order valence-electron chi connectivity index (χ4n) is 2.51. The number of carbonyl (C=O) groups excluding carboxylic acids is 4. The van der Waals surface area contributed by atoms with Crippen LogP contribution in [0.5, 0.6) is 0 Å². The Balaban J connectivity index is 2.01. The minimum absolute atomic E-state index is 0.152. The van der Waals surface area contributed by atoms with Gasteiger partial charge in [-0.25, -0.2) is 9.59 Å². The van der Waals surface area contributed by atoms with E-state index in [-0.39, 0.29) is 35.4 Å². The van der Waals surface area contributed by atoms with Gasteiger partial charge in [-0.3, -0.25) is 20.2 Å². The largest absolute Gasteiger partial charge is 0.337 e. The predicted octanol–water partition coefficient (Wildman–Crippen LogP) is 2.40. The molecule has 0 radical (unpaired) electrons. The average molecular weight is 419 g/mol. The molecule has 0 spiro atoms. The van der Waals surface area contributed by atoms with E-state index in [1.807, 2.05) is 20.8 Å². The van der Waals surface area contributed by atoms with Crippen molar-refractivity contribution >= 4 is 45.5 Å². The van der Waals surface area contributed by atoms with Crippen LogP contribution in [-0.4, -0.2) is 48.0 Å². The molecule has 1 aliphatic carbocycles. The summed E-state index contributed by atoms with van der Waals surface area (Å²) in [6.07, 6.45) is 4.43. The second kappa shape index (κ2) is 12.1. The highest BCUT2D eigenvalue weighted by atomic mass is 33.1. The molecule has 0 saturated heterocycles. The summed E-state index contributed by atoms with van der Waals surface area (Å²) in [5, 5.41) is 9.98. The van der Waals surface area contributed by atoms with Crippen molar-refractivity contribution in [2.45, 2.75) is 58.9 Å². The molecule has 0 bridgehead atoms. The van der Waals surface area contributed by atoms with Gasteiger partial charge in [-0.1, -0.05) is 55.2 Å². The maximum Gasteiger partial charge on any atom is 0.321 e. The lowest BCUT2D eigenvalue weighted by Crippen LogP contribution is -2.44. The Morgan fingerprint density at radius 2 is 1.56 bits per heavy atom. The van der Waals surface area contributed by atoms with Gasteiger partial charge in [0, 0.05) is 24.8 Å². The smallest absolute Gasteiger partial charge is 0.321 e. The summed E-state index contributed by atoms with van der Waals surface area (Å²) in [4.78, 5) is 46.5. The first-order valence-corrected chi connectivity index (χ1v) is 11.6. The summed E-state index contributed by atoms with van der Waals surface area (Å²) in [5.74, 6) is 0.0719. The van der Waals surface area contributed by atoms with Crippen molar-refractivity contribution in [3.63, 3.8) is 0 Å². The first-order chi connectivity index (χ1) is 12.7. The number of amides is 6. The number of carbonyl (C=O) groups is 4. The third-order valence-corrected chi connectivity index (χ3v) is 5.90. The maximum atomic E-state index is 11.7. The summed E-state index contributed by atoms with van der Waals surface area (Å²) in [7, 11) is 2.71. The Morgan fingerprint density at radius 3 is 2.19 bits per heavy atom. The molecule has 4 N–H and O–H groups in total. The third kappa shape index (κ3) is 12.6. The fourth-order valence-corrected chi connectivity index (χ4v) is 4.25. The maximum absolute atomic E-state index is 11.7. The summed E-state index contributed by atoms with van der Waals surface area (Å²) < 4.78 is 0. The second-order valence-corrected chi connectivity index (χ2v) is 10.2. The average Bonchev–Trinajstić information content (AvgIpc) is 3.01. The van der Waals surface area contributed by atoms with Crippen molar-refractivity contribution in [3.8, 4) is 0 Å². The molecule has 6 amide bonds. The van der Waals surface area contributed by atoms with Crippen LogP contribution in [0.1, 0.15) is 52.9 Å². The van der Waals surface area contributed by atoms with Crippen molar-refractivity contribution in [2.75, 3.05) is 18.1 Å². The molecule has 1 aliphatic rings. The Bertz CT molecular complexity index is 532. The normalized spacial score (nSPS) is 14.5. The highest BCUT2D eigenvalue weighted by Crippen LogP contribution is 2.20. The quantitative estimate of drug-likeness (QED) is 0.355. The van der Waals surface area contributed by atoms with E-state index in [9.17, 15) is 19.2 Å². The van der Waals surface area contributed by atoms with Gasteiger partial charge in [0.25, 0.3) is 0 Å². The molecule has 0 aliphatic heterocycles. The van der Waals surface area contributed by atoms with Gasteiger partial charge < -0.3 is 10.6 Å². The number of nitrogens with one attached hydrogen (secondary N) is 4. The van der Waals surface area contributed by atoms with Crippen LogP contribution in [0.2, 0.25) is 0 Å². The van der Waals surface area contributed by atoms with Crippen LogP contribution in [0.4, 0.5) is 9.59 Å². The molecule has 0 aromatic carbocycles. The minimum atomic E-state index is -0.517. The van der Waals surface area contributed by atoms with Gasteiger partial charge in [0.05, 0.1) is 5.75 Å². The Labute approximate surface area is 168 Å². The second-order valence-electron chi connectivity index (χ2n) is 7.63. The van der Waals surface area contributed by atoms with E-state index in [1.54, 1.807) is 0 Å². The van der Waals surface area contributed by atoms with Crippen LogP contribution in [0.3, 0.4) is 0 Å². The van der Waals surface area contributed by atoms with Crippen molar-refractivity contribution in [2.24, 2.45) is 5.41 Å². The van der Waals surface area contributed by atoms with Crippen LogP contribution in [0.15, 0.2) is 0 Å². The fraction of sp³-hybridized carbons (Fsp3) is 0.765. The SMILES string of the molecule is CC(C)(C)CC(=O)NC(=O)NCCSSCC(=O)NC(=O)NC1CCCC1. The van der Waals surface area contributed by atoms with E-state index in [0.717, 1.165) is 25.7 Å². The van der Waals surface area contributed by atoms with Gasteiger partial charge in [-0.2, -0.15) is 0 Å². The van der Waals surface area contributed by atoms with E-state index in [1.165, 1.54) is 21.6 Å². The number of imide groups is 2. The van der Waals surface area contributed by atoms with Crippen LogP contribution in [0, 0.1) is 5.41 Å². The zero-order valence-electron chi connectivity index (χ0n) is 16.2. The lowest BCUT2D eigenvalue weighted by atomic mass is 9.92. The topological polar surface area (TPSA) is 116 Å². The van der Waals surface area contributed by atoms with E-state index in [4.69, 9.17) is 0 Å². The first-order valence-electron chi connectivity index (χ1n) is 9.08. The zero-order chi connectivity index (χ0) is 20.3. The molecule has 0 aromatic heterocycles. The van der Waals surface area contributed by atoms with Gasteiger partial charge in [0.1, 0.15) is 0 Å². The molecule has 0 heterocycles. The molecule has 1 saturated carbocycles. The van der Waals surface area contributed by atoms with Gasteiger partial charge in [-0.05, 0) is 18.3 Å². The van der Waals surface area contributed by atoms with Gasteiger partial charge in [-0.15, -0.1) is 0 Å². The zero-order valence-corrected chi connectivity index (χ0v) is 17.8. The Kier molecular flexibility index (Phi) is 10.6. The highest BCUT2D eigenvalue weighted by molar-refractivity contribution is 8.76. The molecular formula is C17H30N4O4S2. The minimum Gasteiger partial charge on any atom is -0.337 e. The Morgan fingerprint density at radius 1 is 0.926 bits per heavy atom. The molecule has 0 unspecified atom stereocenters. The van der Waals surface area contributed by atoms with Crippen LogP contribution < -0.4 is 21.3 Å². The summed E-state index contributed by atoms with van der Waals surface area (Å²) >= 11 is 0. The first kappa shape index (κ1) is 23.6. The molecule has 10 heteroatoms. The standard InChI is InChI=1S/C17H30N4O4S2/c1-17(2,3)10-13(22)20-15(24)18-8-9-26-27-11-14(23)21-16(25)19-12-6-4-5-7-12/h12H,4-11H2,1-3H3,(H2,18,20,22,24)(H2,19,21,23,25). The van der Waals surface area contributed by atoms with E-state index < -0.39 is 12.1 Å². The number of hydrogen-bond donors (Lipinski definition) is 4. The monoisotopic (exact) mass is 418 g/mol. The lowest BCUT2D eigenvalue weighted by Gasteiger charge is -2.16. The van der Waals surface area contributed by atoms with E-state index in [0.29, 0.717) is 12.3 Å². The van der Waals surface area contributed by atoms with Gasteiger partial charge in [0.15, 0.2) is 0 Å². The van der Waals surface area contributed by atoms with Crippen LogP contribution in [0.25, 0.3) is 0 Å².